The lowest BCUT2D eigenvalue weighted by Gasteiger charge is -2.54. The molecule has 2 aromatic carbocycles. The summed E-state index contributed by atoms with van der Waals surface area (Å²) in [6, 6.07) is 8.43. The van der Waals surface area contributed by atoms with Gasteiger partial charge in [-0.05, 0) is 34.9 Å². The Morgan fingerprint density at radius 2 is 1.65 bits per heavy atom. The van der Waals surface area contributed by atoms with Crippen LogP contribution in [-0.4, -0.2) is 98.9 Å². The Labute approximate surface area is 296 Å². The highest BCUT2D eigenvalue weighted by Crippen LogP contribution is 2.58. The number of hydrogen-bond acceptors (Lipinski definition) is 6. The number of imide groups is 1. The molecule has 1 atom stereocenters. The third-order valence-electron chi connectivity index (χ3n) is 10.9. The summed E-state index contributed by atoms with van der Waals surface area (Å²) in [5.74, 6) is -10.1. The second-order valence-electron chi connectivity index (χ2n) is 14.2. The van der Waals surface area contributed by atoms with Crippen LogP contribution in [-0.2, 0) is 32.3 Å². The average Bonchev–Trinajstić information content (AvgIpc) is 3.65. The normalized spacial score (nSPS) is 25.0. The molecule has 10 nitrogen and oxygen atoms in total. The third kappa shape index (κ3) is 5.45. The summed E-state index contributed by atoms with van der Waals surface area (Å²) in [6.45, 7) is 0.777. The second-order valence-corrected chi connectivity index (χ2v) is 14.7. The molecule has 52 heavy (non-hydrogen) atoms. The third-order valence-corrected chi connectivity index (χ3v) is 11.1. The Bertz CT molecular complexity index is 1960. The second kappa shape index (κ2) is 11.6. The number of nitrogens with one attached hydrogen (secondary N) is 1. The summed E-state index contributed by atoms with van der Waals surface area (Å²) >= 11 is 5.88. The van der Waals surface area contributed by atoms with E-state index in [0.29, 0.717) is 30.4 Å². The van der Waals surface area contributed by atoms with Crippen LogP contribution in [0.4, 0.5) is 35.5 Å². The molecule has 1 N–H and O–H groups in total. The Kier molecular flexibility index (Phi) is 7.80. The number of aromatic nitrogens is 2. The molecule has 1 saturated carbocycles. The van der Waals surface area contributed by atoms with Gasteiger partial charge in [-0.2, -0.15) is 18.3 Å². The lowest BCUT2D eigenvalue weighted by Crippen LogP contribution is -2.71. The number of rotatable bonds is 8. The van der Waals surface area contributed by atoms with E-state index in [4.69, 9.17) is 16.3 Å². The van der Waals surface area contributed by atoms with E-state index >= 15 is 8.78 Å². The van der Waals surface area contributed by atoms with E-state index in [-0.39, 0.29) is 32.0 Å². The lowest BCUT2D eigenvalue weighted by atomic mass is 9.71. The smallest absolute Gasteiger partial charge is 0.378 e. The Hall–Kier alpha value is -4.22. The van der Waals surface area contributed by atoms with Crippen molar-refractivity contribution in [3.63, 3.8) is 0 Å². The van der Waals surface area contributed by atoms with Crippen molar-refractivity contribution in [2.24, 2.45) is 0 Å². The van der Waals surface area contributed by atoms with Gasteiger partial charge in [0, 0.05) is 54.8 Å². The molecule has 276 valence electrons. The molecule has 5 aliphatic rings. The molecule has 18 heteroatoms. The molecule has 2 aliphatic carbocycles. The summed E-state index contributed by atoms with van der Waals surface area (Å²) in [7, 11) is 0. The molecule has 0 radical (unpaired) electrons. The minimum atomic E-state index is -5.32. The topological polar surface area (TPSA) is 100 Å². The lowest BCUT2D eigenvalue weighted by molar-refractivity contribution is -0.307. The number of likely N-dealkylation sites (tertiary alicyclic amines) is 1. The van der Waals surface area contributed by atoms with Crippen molar-refractivity contribution in [3.05, 3.63) is 76.6 Å². The molecule has 4 amide bonds. The Balaban J connectivity index is 1.05. The van der Waals surface area contributed by atoms with Gasteiger partial charge >= 0.3 is 12.2 Å². The van der Waals surface area contributed by atoms with Crippen molar-refractivity contribution in [1.29, 1.82) is 0 Å². The summed E-state index contributed by atoms with van der Waals surface area (Å²) in [6.07, 6.45) is -6.72. The number of benzene rings is 2. The molecule has 1 spiro atoms. The maximum absolute atomic E-state index is 15.7. The standard InChI is InChI=1S/C34H30ClF7N6O4/c35-22-4-1-19(2-5-22)9-47(30(34(40,41)42)16-31(36,37)17-30)27(49)13-46-28(50)32(44-29(46)51)18-33(38,39)26-7-20(3-6-25(26)32)21-8-43-48(10-21)23-11-45(12-23)24-14-52-15-24/h1-8,10,23-24H,9,11-18H2,(H,44,51)/t32-/m0/s1. The number of carbonyl (C=O) groups is 3. The monoisotopic (exact) mass is 754 g/mol. The van der Waals surface area contributed by atoms with E-state index in [2.05, 4.69) is 15.3 Å². The number of amides is 4. The fourth-order valence-electron chi connectivity index (χ4n) is 7.89. The van der Waals surface area contributed by atoms with E-state index < -0.39 is 84.9 Å². The first kappa shape index (κ1) is 34.8. The summed E-state index contributed by atoms with van der Waals surface area (Å²) in [5, 5.41) is 6.90. The molecule has 4 heterocycles. The van der Waals surface area contributed by atoms with E-state index in [0.717, 1.165) is 13.1 Å². The largest absolute Gasteiger partial charge is 0.412 e. The van der Waals surface area contributed by atoms with Gasteiger partial charge in [-0.1, -0.05) is 35.9 Å². The van der Waals surface area contributed by atoms with Crippen LogP contribution in [0.3, 0.4) is 0 Å². The molecule has 3 saturated heterocycles. The molecule has 0 bridgehead atoms. The van der Waals surface area contributed by atoms with Gasteiger partial charge < -0.3 is 15.0 Å². The molecule has 0 unspecified atom stereocenters. The fourth-order valence-corrected chi connectivity index (χ4v) is 8.01. The van der Waals surface area contributed by atoms with Crippen LogP contribution in [0.15, 0.2) is 54.9 Å². The quantitative estimate of drug-likeness (QED) is 0.243. The molecular formula is C34H30ClF7N6O4. The van der Waals surface area contributed by atoms with Crippen LogP contribution >= 0.6 is 11.6 Å². The van der Waals surface area contributed by atoms with Crippen LogP contribution in [0.1, 0.15) is 42.0 Å². The molecule has 3 aliphatic heterocycles. The van der Waals surface area contributed by atoms with Gasteiger partial charge in [0.1, 0.15) is 12.1 Å². The SMILES string of the molecule is O=C1N[C@]2(CC(F)(F)c3cc(-c4cnn(C5CN(C6COC6)C5)c4)ccc32)C(=O)N1CC(=O)N(Cc1ccc(Cl)cc1)C1(C(F)(F)F)CC(F)(F)C1. The first-order valence-electron chi connectivity index (χ1n) is 16.4. The maximum atomic E-state index is 15.7. The highest BCUT2D eigenvalue weighted by molar-refractivity contribution is 6.30. The molecular weight excluding hydrogens is 725 g/mol. The number of nitrogens with zero attached hydrogens (tertiary/aromatic N) is 5. The van der Waals surface area contributed by atoms with Crippen molar-refractivity contribution in [3.8, 4) is 11.1 Å². The van der Waals surface area contributed by atoms with E-state index in [1.807, 2.05) is 0 Å². The van der Waals surface area contributed by atoms with Crippen LogP contribution in [0.25, 0.3) is 11.1 Å². The van der Waals surface area contributed by atoms with Crippen LogP contribution < -0.4 is 5.32 Å². The van der Waals surface area contributed by atoms with Gasteiger partial charge in [0.05, 0.1) is 37.9 Å². The number of fused-ring (bicyclic) bond motifs is 2. The van der Waals surface area contributed by atoms with Gasteiger partial charge in [-0.15, -0.1) is 0 Å². The Morgan fingerprint density at radius 1 is 0.962 bits per heavy atom. The number of hydrogen-bond donors (Lipinski definition) is 1. The number of alkyl halides is 7. The van der Waals surface area contributed by atoms with Gasteiger partial charge in [-0.3, -0.25) is 24.1 Å². The predicted molar refractivity (Wildman–Crippen MR) is 168 cm³/mol. The molecule has 4 fully saturated rings. The van der Waals surface area contributed by atoms with Gasteiger partial charge in [0.2, 0.25) is 5.91 Å². The number of halogens is 8. The van der Waals surface area contributed by atoms with E-state index in [1.165, 1.54) is 48.7 Å². The van der Waals surface area contributed by atoms with Crippen molar-refractivity contribution in [2.45, 2.75) is 67.0 Å². The summed E-state index contributed by atoms with van der Waals surface area (Å²) < 4.78 is 110. The first-order valence-corrected chi connectivity index (χ1v) is 16.8. The van der Waals surface area contributed by atoms with Crippen molar-refractivity contribution in [2.75, 3.05) is 32.8 Å². The number of carbonyl (C=O) groups excluding carboxylic acids is 3. The van der Waals surface area contributed by atoms with Crippen LogP contribution in [0.5, 0.6) is 0 Å². The van der Waals surface area contributed by atoms with Crippen molar-refractivity contribution in [1.82, 2.24) is 29.8 Å². The zero-order valence-electron chi connectivity index (χ0n) is 27.1. The van der Waals surface area contributed by atoms with Gasteiger partial charge in [0.15, 0.2) is 5.54 Å². The minimum Gasteiger partial charge on any atom is -0.378 e. The van der Waals surface area contributed by atoms with Gasteiger partial charge in [-0.25, -0.2) is 22.4 Å². The number of urea groups is 1. The summed E-state index contributed by atoms with van der Waals surface area (Å²) in [4.78, 5) is 43.6. The predicted octanol–water partition coefficient (Wildman–Crippen LogP) is 5.46. The molecule has 1 aromatic heterocycles. The highest BCUT2D eigenvalue weighted by atomic mass is 35.5. The summed E-state index contributed by atoms with van der Waals surface area (Å²) in [5.41, 5.74) is -5.40. The highest BCUT2D eigenvalue weighted by Gasteiger charge is 2.73. The van der Waals surface area contributed by atoms with Crippen LogP contribution in [0.2, 0.25) is 5.02 Å². The average molecular weight is 755 g/mol. The zero-order chi connectivity index (χ0) is 37.0. The van der Waals surface area contributed by atoms with Gasteiger partial charge in [0.25, 0.3) is 17.8 Å². The first-order chi connectivity index (χ1) is 24.4. The fraction of sp³-hybridized carbons (Fsp3) is 0.471. The zero-order valence-corrected chi connectivity index (χ0v) is 27.9. The molecule has 8 rings (SSSR count). The minimum absolute atomic E-state index is 0.0995. The Morgan fingerprint density at radius 3 is 2.27 bits per heavy atom. The molecule has 3 aromatic rings. The van der Waals surface area contributed by atoms with Crippen molar-refractivity contribution >= 4 is 29.4 Å². The van der Waals surface area contributed by atoms with Crippen LogP contribution in [0, 0.1) is 0 Å². The maximum Gasteiger partial charge on any atom is 0.412 e. The van der Waals surface area contributed by atoms with Crippen molar-refractivity contribution < 1.29 is 49.9 Å². The van der Waals surface area contributed by atoms with E-state index in [9.17, 15) is 36.3 Å². The number of ether oxygens (including phenoxy) is 1. The van der Waals surface area contributed by atoms with E-state index in [1.54, 1.807) is 10.9 Å².